The minimum atomic E-state index is -1.22. The highest BCUT2D eigenvalue weighted by atomic mass is 16.5. The topological polar surface area (TPSA) is 90.7 Å². The van der Waals surface area contributed by atoms with Crippen LogP contribution in [0.1, 0.15) is 54.8 Å². The first-order valence-corrected chi connectivity index (χ1v) is 9.75. The van der Waals surface area contributed by atoms with Crippen molar-refractivity contribution in [2.45, 2.75) is 46.6 Å². The van der Waals surface area contributed by atoms with Gasteiger partial charge < -0.3 is 19.1 Å². The van der Waals surface area contributed by atoms with Crippen LogP contribution in [0.5, 0.6) is 5.75 Å². The second-order valence-corrected chi connectivity index (χ2v) is 8.51. The molecular weight excluding hydrogens is 372 g/mol. The molecule has 7 nitrogen and oxygen atoms in total. The number of carboxylic acid groups (broad SMARTS) is 1. The van der Waals surface area contributed by atoms with Gasteiger partial charge in [-0.25, -0.2) is 9.78 Å². The van der Waals surface area contributed by atoms with E-state index in [0.29, 0.717) is 31.0 Å². The maximum Gasteiger partial charge on any atom is 0.341 e. The van der Waals surface area contributed by atoms with Crippen molar-refractivity contribution in [1.82, 2.24) is 9.55 Å². The monoisotopic (exact) mass is 400 g/mol. The van der Waals surface area contributed by atoms with Crippen LogP contribution in [-0.2, 0) is 11.2 Å². The molecule has 1 unspecified atom stereocenters. The van der Waals surface area contributed by atoms with Crippen molar-refractivity contribution in [2.75, 3.05) is 20.3 Å². The predicted molar refractivity (Wildman–Crippen MR) is 110 cm³/mol. The van der Waals surface area contributed by atoms with Crippen LogP contribution in [0.3, 0.4) is 0 Å². The van der Waals surface area contributed by atoms with E-state index in [1.165, 1.54) is 12.3 Å². The van der Waals surface area contributed by atoms with Crippen LogP contribution >= 0.6 is 0 Å². The molecule has 0 aromatic carbocycles. The van der Waals surface area contributed by atoms with E-state index in [1.54, 1.807) is 7.11 Å². The van der Waals surface area contributed by atoms with Crippen molar-refractivity contribution in [2.24, 2.45) is 5.41 Å². The van der Waals surface area contributed by atoms with Crippen LogP contribution in [0.15, 0.2) is 23.1 Å². The number of aromatic carboxylic acids is 1. The smallest absolute Gasteiger partial charge is 0.341 e. The van der Waals surface area contributed by atoms with Gasteiger partial charge in [0.2, 0.25) is 0 Å². The van der Waals surface area contributed by atoms with E-state index in [9.17, 15) is 14.7 Å². The summed E-state index contributed by atoms with van der Waals surface area (Å²) in [4.78, 5) is 28.6. The van der Waals surface area contributed by atoms with Crippen molar-refractivity contribution in [3.05, 3.63) is 45.4 Å². The second-order valence-electron chi connectivity index (χ2n) is 8.51. The number of carbonyl (C=O) groups is 1. The number of pyridine rings is 2. The van der Waals surface area contributed by atoms with E-state index in [2.05, 4.69) is 20.8 Å². The lowest BCUT2D eigenvalue weighted by Gasteiger charge is -2.38. The van der Waals surface area contributed by atoms with Gasteiger partial charge in [-0.15, -0.1) is 0 Å². The number of carboxylic acids is 1. The molecule has 2 aromatic rings. The normalized spacial score (nSPS) is 15.6. The molecule has 0 amide bonds. The summed E-state index contributed by atoms with van der Waals surface area (Å²) in [6.45, 7) is 9.36. The number of hydrogen-bond donors (Lipinski definition) is 1. The summed E-state index contributed by atoms with van der Waals surface area (Å²) in [5.41, 5.74) is 2.21. The highest BCUT2D eigenvalue weighted by molar-refractivity contribution is 5.87. The zero-order valence-electron chi connectivity index (χ0n) is 17.6. The summed E-state index contributed by atoms with van der Waals surface area (Å²) in [5.74, 6) is -0.488. The average molecular weight is 400 g/mol. The van der Waals surface area contributed by atoms with Gasteiger partial charge in [0.25, 0.3) is 0 Å². The van der Waals surface area contributed by atoms with E-state index in [-0.39, 0.29) is 17.0 Å². The van der Waals surface area contributed by atoms with Crippen molar-refractivity contribution < 1.29 is 19.4 Å². The Labute approximate surface area is 170 Å². The first-order valence-electron chi connectivity index (χ1n) is 9.75. The molecule has 3 rings (SSSR count). The van der Waals surface area contributed by atoms with Crippen molar-refractivity contribution in [1.29, 1.82) is 0 Å². The third-order valence-corrected chi connectivity index (χ3v) is 5.30. The molecule has 0 saturated heterocycles. The van der Waals surface area contributed by atoms with Crippen molar-refractivity contribution >= 4 is 5.97 Å². The van der Waals surface area contributed by atoms with Crippen LogP contribution in [0, 0.1) is 12.3 Å². The number of aromatic nitrogens is 2. The van der Waals surface area contributed by atoms with E-state index in [0.717, 1.165) is 23.4 Å². The van der Waals surface area contributed by atoms with Gasteiger partial charge in [0.05, 0.1) is 23.7 Å². The summed E-state index contributed by atoms with van der Waals surface area (Å²) in [5, 5.41) is 9.40. The molecule has 1 N–H and O–H groups in total. The zero-order valence-corrected chi connectivity index (χ0v) is 17.6. The Balaban J connectivity index is 2.11. The Morgan fingerprint density at radius 3 is 2.66 bits per heavy atom. The summed E-state index contributed by atoms with van der Waals surface area (Å²) in [6, 6.07) is 3.38. The standard InChI is InChI=1S/C22H28N2O5/c1-13-18(29-8-6-7-28-5)9-14-10-19(22(2,3)4)24-12-15(21(26)27)17(25)11-16(24)20(14)23-13/h9,11-12,19H,6-8,10H2,1-5H3,(H,26,27). The van der Waals surface area contributed by atoms with Crippen LogP contribution in [0.2, 0.25) is 0 Å². The number of rotatable bonds is 6. The van der Waals surface area contributed by atoms with E-state index in [1.807, 2.05) is 17.6 Å². The van der Waals surface area contributed by atoms with E-state index in [4.69, 9.17) is 14.5 Å². The number of aryl methyl sites for hydroxylation is 1. The zero-order chi connectivity index (χ0) is 21.3. The van der Waals surface area contributed by atoms with Gasteiger partial charge in [-0.1, -0.05) is 20.8 Å². The molecule has 0 saturated carbocycles. The van der Waals surface area contributed by atoms with Crippen LogP contribution in [-0.4, -0.2) is 41.0 Å². The molecule has 0 bridgehead atoms. The number of hydrogen-bond acceptors (Lipinski definition) is 5. The van der Waals surface area contributed by atoms with E-state index >= 15 is 0 Å². The fourth-order valence-corrected chi connectivity index (χ4v) is 3.72. The largest absolute Gasteiger partial charge is 0.492 e. The molecule has 0 fully saturated rings. The molecule has 29 heavy (non-hydrogen) atoms. The molecule has 156 valence electrons. The lowest BCUT2D eigenvalue weighted by Crippen LogP contribution is -2.33. The third kappa shape index (κ3) is 4.19. The molecule has 7 heteroatoms. The molecule has 1 aliphatic rings. The SMILES string of the molecule is COCCCOc1cc2c(nc1C)-c1cc(=O)c(C(=O)O)cn1C(C(C)(C)C)C2. The Morgan fingerprint density at radius 2 is 2.03 bits per heavy atom. The summed E-state index contributed by atoms with van der Waals surface area (Å²) in [7, 11) is 1.66. The Morgan fingerprint density at radius 1 is 1.31 bits per heavy atom. The summed E-state index contributed by atoms with van der Waals surface area (Å²) < 4.78 is 12.9. The molecule has 3 heterocycles. The Bertz CT molecular complexity index is 988. The molecule has 1 atom stereocenters. The molecule has 0 spiro atoms. The number of ether oxygens (including phenoxy) is 2. The highest BCUT2D eigenvalue weighted by Gasteiger charge is 2.34. The van der Waals surface area contributed by atoms with Gasteiger partial charge in [-0.05, 0) is 30.4 Å². The first kappa shape index (κ1) is 21.0. The van der Waals surface area contributed by atoms with Crippen molar-refractivity contribution in [3.8, 4) is 17.1 Å². The van der Waals surface area contributed by atoms with Gasteiger partial charge in [0.1, 0.15) is 11.3 Å². The molecule has 1 aliphatic heterocycles. The van der Waals surface area contributed by atoms with Gasteiger partial charge in [-0.2, -0.15) is 0 Å². The van der Waals surface area contributed by atoms with Crippen LogP contribution in [0.25, 0.3) is 11.4 Å². The molecule has 0 aliphatic carbocycles. The van der Waals surface area contributed by atoms with Crippen LogP contribution in [0.4, 0.5) is 0 Å². The second kappa shape index (κ2) is 7.99. The summed E-state index contributed by atoms with van der Waals surface area (Å²) in [6.07, 6.45) is 2.92. The minimum Gasteiger partial charge on any atom is -0.492 e. The molecule has 0 radical (unpaired) electrons. The summed E-state index contributed by atoms with van der Waals surface area (Å²) >= 11 is 0. The highest BCUT2D eigenvalue weighted by Crippen LogP contribution is 2.42. The fourth-order valence-electron chi connectivity index (χ4n) is 3.72. The third-order valence-electron chi connectivity index (χ3n) is 5.30. The number of nitrogens with zero attached hydrogens (tertiary/aromatic N) is 2. The van der Waals surface area contributed by atoms with Gasteiger partial charge in [0.15, 0.2) is 5.43 Å². The first-order chi connectivity index (χ1) is 13.6. The lowest BCUT2D eigenvalue weighted by molar-refractivity contribution is 0.0693. The Hall–Kier alpha value is -2.67. The lowest BCUT2D eigenvalue weighted by atomic mass is 9.79. The average Bonchev–Trinajstić information content (AvgIpc) is 2.63. The van der Waals surface area contributed by atoms with Gasteiger partial charge >= 0.3 is 5.97 Å². The quantitative estimate of drug-likeness (QED) is 0.747. The predicted octanol–water partition coefficient (Wildman–Crippen LogP) is 3.48. The number of methoxy groups -OCH3 is 1. The maximum atomic E-state index is 12.4. The fraction of sp³-hybridized carbons (Fsp3) is 0.500. The number of fused-ring (bicyclic) bond motifs is 3. The van der Waals surface area contributed by atoms with Gasteiger partial charge in [0, 0.05) is 38.4 Å². The Kier molecular flexibility index (Phi) is 5.80. The van der Waals surface area contributed by atoms with Crippen LogP contribution < -0.4 is 10.2 Å². The minimum absolute atomic E-state index is 0.0189. The molecular formula is C22H28N2O5. The van der Waals surface area contributed by atoms with Gasteiger partial charge in [-0.3, -0.25) is 4.79 Å². The maximum absolute atomic E-state index is 12.4. The van der Waals surface area contributed by atoms with Crippen molar-refractivity contribution in [3.63, 3.8) is 0 Å². The molecule has 2 aromatic heterocycles. The van der Waals surface area contributed by atoms with E-state index < -0.39 is 11.4 Å².